The van der Waals surface area contributed by atoms with Crippen molar-refractivity contribution in [1.82, 2.24) is 9.80 Å². The molecule has 3 aliphatic rings. The van der Waals surface area contributed by atoms with Gasteiger partial charge < -0.3 is 19.1 Å². The van der Waals surface area contributed by atoms with Crippen LogP contribution in [0.25, 0.3) is 0 Å². The Morgan fingerprint density at radius 1 is 1.22 bits per heavy atom. The molecule has 3 aliphatic heterocycles. The van der Waals surface area contributed by atoms with Crippen LogP contribution in [-0.2, 0) is 9.31 Å². The van der Waals surface area contributed by atoms with Gasteiger partial charge in [-0.2, -0.15) is 5.26 Å². The first-order valence-corrected chi connectivity index (χ1v) is 9.33. The summed E-state index contributed by atoms with van der Waals surface area (Å²) in [6, 6.07) is 1.24. The Labute approximate surface area is 159 Å². The lowest BCUT2D eigenvalue weighted by Gasteiger charge is -2.39. The molecular weight excluding hydrogens is 355 g/mol. The highest BCUT2D eigenvalue weighted by Crippen LogP contribution is 2.39. The van der Waals surface area contributed by atoms with Crippen LogP contribution in [0.4, 0.5) is 13.6 Å². The molecule has 0 saturated carbocycles. The van der Waals surface area contributed by atoms with E-state index in [1.165, 1.54) is 0 Å². The SMILES string of the molecule is CC1(C)OB(C2=CCN(C(=O)N3CCC(C#N)C(F)(F)C3)CC2)OC1(C)C. The number of hydrogen-bond donors (Lipinski definition) is 0. The molecule has 0 aromatic heterocycles. The maximum atomic E-state index is 14.0. The molecule has 9 heteroatoms. The van der Waals surface area contributed by atoms with E-state index in [-0.39, 0.29) is 13.0 Å². The van der Waals surface area contributed by atoms with Gasteiger partial charge in [0.2, 0.25) is 0 Å². The molecule has 3 rings (SSSR count). The Kier molecular flexibility index (Phi) is 5.02. The van der Waals surface area contributed by atoms with Crippen molar-refractivity contribution < 1.29 is 22.9 Å². The first kappa shape index (κ1) is 20.1. The molecule has 0 spiro atoms. The minimum Gasteiger partial charge on any atom is -0.400 e. The number of nitrogens with zero attached hydrogens (tertiary/aromatic N) is 3. The van der Waals surface area contributed by atoms with Crippen LogP contribution in [0, 0.1) is 17.2 Å². The van der Waals surface area contributed by atoms with Gasteiger partial charge in [0.15, 0.2) is 0 Å². The molecule has 27 heavy (non-hydrogen) atoms. The summed E-state index contributed by atoms with van der Waals surface area (Å²) < 4.78 is 40.0. The number of carbonyl (C=O) groups excluding carboxylic acids is 1. The van der Waals surface area contributed by atoms with Crippen molar-refractivity contribution in [3.63, 3.8) is 0 Å². The van der Waals surface area contributed by atoms with Gasteiger partial charge >= 0.3 is 13.1 Å². The van der Waals surface area contributed by atoms with E-state index in [0.29, 0.717) is 19.5 Å². The predicted molar refractivity (Wildman–Crippen MR) is 96.0 cm³/mol. The molecule has 6 nitrogen and oxygen atoms in total. The Balaban J connectivity index is 1.61. The molecule has 0 N–H and O–H groups in total. The Hall–Kier alpha value is -1.66. The van der Waals surface area contributed by atoms with Gasteiger partial charge in [0, 0.05) is 19.6 Å². The van der Waals surface area contributed by atoms with Gasteiger partial charge in [-0.3, -0.25) is 0 Å². The monoisotopic (exact) mass is 381 g/mol. The lowest BCUT2D eigenvalue weighted by molar-refractivity contribution is -0.0834. The third kappa shape index (κ3) is 3.70. The summed E-state index contributed by atoms with van der Waals surface area (Å²) in [6.45, 7) is 8.18. The van der Waals surface area contributed by atoms with Crippen molar-refractivity contribution >= 4 is 13.1 Å². The fourth-order valence-electron chi connectivity index (χ4n) is 3.53. The summed E-state index contributed by atoms with van der Waals surface area (Å²) in [6.07, 6.45) is 2.47. The summed E-state index contributed by atoms with van der Waals surface area (Å²) in [5.74, 6) is -4.49. The first-order valence-electron chi connectivity index (χ1n) is 9.33. The zero-order valence-electron chi connectivity index (χ0n) is 16.3. The van der Waals surface area contributed by atoms with Gasteiger partial charge in [0.1, 0.15) is 5.92 Å². The molecule has 0 aromatic carbocycles. The van der Waals surface area contributed by atoms with E-state index < -0.39 is 42.7 Å². The second-order valence-corrected chi connectivity index (χ2v) is 8.50. The van der Waals surface area contributed by atoms with E-state index in [4.69, 9.17) is 14.6 Å². The zero-order valence-corrected chi connectivity index (χ0v) is 16.3. The van der Waals surface area contributed by atoms with E-state index >= 15 is 0 Å². The normalized spacial score (nSPS) is 29.3. The standard InChI is InChI=1S/C18H26BF2N3O3/c1-16(2)17(3,4)27-19(26-16)14-6-9-23(10-7-14)15(25)24-8-5-13(11-22)18(20,21)12-24/h6,13H,5,7-10,12H2,1-4H3. The van der Waals surface area contributed by atoms with E-state index in [1.807, 2.05) is 33.8 Å². The van der Waals surface area contributed by atoms with Crippen LogP contribution < -0.4 is 0 Å². The van der Waals surface area contributed by atoms with E-state index in [2.05, 4.69) is 0 Å². The van der Waals surface area contributed by atoms with Crippen LogP contribution >= 0.6 is 0 Å². The summed E-state index contributed by atoms with van der Waals surface area (Å²) in [5.41, 5.74) is 0.121. The lowest BCUT2D eigenvalue weighted by Crippen LogP contribution is -2.54. The summed E-state index contributed by atoms with van der Waals surface area (Å²) in [4.78, 5) is 15.3. The molecule has 1 unspecified atom stereocenters. The molecular formula is C18H26BF2N3O3. The summed E-state index contributed by atoms with van der Waals surface area (Å²) in [5, 5.41) is 8.83. The minimum absolute atomic E-state index is 0.00190. The van der Waals surface area contributed by atoms with Crippen LogP contribution in [-0.4, -0.2) is 66.3 Å². The maximum absolute atomic E-state index is 14.0. The first-order chi connectivity index (χ1) is 12.5. The number of carbonyl (C=O) groups is 1. The molecule has 1 atom stereocenters. The molecule has 3 heterocycles. The van der Waals surface area contributed by atoms with Crippen LogP contribution in [0.5, 0.6) is 0 Å². The Bertz CT molecular complexity index is 674. The maximum Gasteiger partial charge on any atom is 0.490 e. The molecule has 0 aromatic rings. The van der Waals surface area contributed by atoms with Crippen molar-refractivity contribution in [1.29, 1.82) is 5.26 Å². The summed E-state index contributed by atoms with van der Waals surface area (Å²) in [7, 11) is -0.442. The average molecular weight is 381 g/mol. The summed E-state index contributed by atoms with van der Waals surface area (Å²) >= 11 is 0. The average Bonchev–Trinajstić information content (AvgIpc) is 2.81. The zero-order chi connectivity index (χ0) is 20.0. The van der Waals surface area contributed by atoms with Gasteiger partial charge in [-0.05, 0) is 46.0 Å². The van der Waals surface area contributed by atoms with Crippen molar-refractivity contribution in [2.75, 3.05) is 26.2 Å². The molecule has 2 amide bonds. The highest BCUT2D eigenvalue weighted by atomic mass is 19.3. The van der Waals surface area contributed by atoms with Gasteiger partial charge in [0.05, 0.1) is 23.8 Å². The fraction of sp³-hybridized carbons (Fsp3) is 0.778. The van der Waals surface area contributed by atoms with Crippen molar-refractivity contribution in [3.05, 3.63) is 11.5 Å². The van der Waals surface area contributed by atoms with Crippen LogP contribution in [0.1, 0.15) is 40.5 Å². The highest BCUT2D eigenvalue weighted by Gasteiger charge is 2.52. The second kappa shape index (κ2) is 6.75. The number of halogens is 2. The Morgan fingerprint density at radius 2 is 1.85 bits per heavy atom. The fourth-order valence-corrected chi connectivity index (χ4v) is 3.53. The van der Waals surface area contributed by atoms with E-state index in [9.17, 15) is 13.6 Å². The van der Waals surface area contributed by atoms with Gasteiger partial charge in [-0.25, -0.2) is 13.6 Å². The van der Waals surface area contributed by atoms with Crippen molar-refractivity contribution in [2.24, 2.45) is 5.92 Å². The van der Waals surface area contributed by atoms with Gasteiger partial charge in [-0.15, -0.1) is 0 Å². The third-order valence-electron chi connectivity index (χ3n) is 6.10. The number of likely N-dealkylation sites (tertiary alicyclic amines) is 1. The molecule has 0 bridgehead atoms. The lowest BCUT2D eigenvalue weighted by atomic mass is 9.75. The van der Waals surface area contributed by atoms with Crippen molar-refractivity contribution in [3.8, 4) is 6.07 Å². The number of piperidine rings is 1. The number of nitriles is 1. The number of alkyl halides is 2. The smallest absolute Gasteiger partial charge is 0.400 e. The van der Waals surface area contributed by atoms with Gasteiger partial charge in [-0.1, -0.05) is 6.08 Å². The predicted octanol–water partition coefficient (Wildman–Crippen LogP) is 2.85. The molecule has 0 aliphatic carbocycles. The van der Waals surface area contributed by atoms with E-state index in [1.54, 1.807) is 11.0 Å². The molecule has 2 fully saturated rings. The number of rotatable bonds is 1. The van der Waals surface area contributed by atoms with E-state index in [0.717, 1.165) is 10.4 Å². The molecule has 0 radical (unpaired) electrons. The third-order valence-corrected chi connectivity index (χ3v) is 6.10. The quantitative estimate of drug-likeness (QED) is 0.656. The topological polar surface area (TPSA) is 65.8 Å². The molecule has 148 valence electrons. The van der Waals surface area contributed by atoms with Crippen molar-refractivity contribution in [2.45, 2.75) is 57.7 Å². The number of hydrogen-bond acceptors (Lipinski definition) is 4. The largest absolute Gasteiger partial charge is 0.490 e. The second-order valence-electron chi connectivity index (χ2n) is 8.50. The number of amides is 2. The Morgan fingerprint density at radius 3 is 2.33 bits per heavy atom. The van der Waals surface area contributed by atoms with Crippen LogP contribution in [0.3, 0.4) is 0 Å². The van der Waals surface area contributed by atoms with Gasteiger partial charge in [0.25, 0.3) is 5.92 Å². The number of urea groups is 1. The van der Waals surface area contributed by atoms with Crippen LogP contribution in [0.15, 0.2) is 11.5 Å². The molecule has 2 saturated heterocycles. The highest BCUT2D eigenvalue weighted by molar-refractivity contribution is 6.54. The minimum atomic E-state index is -3.16. The van der Waals surface area contributed by atoms with Crippen LogP contribution in [0.2, 0.25) is 0 Å².